The smallest absolute Gasteiger partial charge is 0.223 e. The standard InChI is InChI=1S/C16H28N4O/c1-4-16(3,21-5-2)14-18-13(19-15(17)20-14)12-10-8-6-7-9-11-12/h12H,4-11H2,1-3H3,(H2,17,18,19,20). The number of nitrogen functional groups attached to an aromatic ring is 1. The van der Waals surface area contributed by atoms with Crippen molar-refractivity contribution in [3.05, 3.63) is 11.6 Å². The van der Waals surface area contributed by atoms with Crippen molar-refractivity contribution in [2.75, 3.05) is 12.3 Å². The van der Waals surface area contributed by atoms with Gasteiger partial charge in [-0.2, -0.15) is 9.97 Å². The quantitative estimate of drug-likeness (QED) is 0.840. The first-order valence-electron chi connectivity index (χ1n) is 8.25. The summed E-state index contributed by atoms with van der Waals surface area (Å²) < 4.78 is 5.88. The van der Waals surface area contributed by atoms with E-state index >= 15 is 0 Å². The number of nitrogens with two attached hydrogens (primary N) is 1. The lowest BCUT2D eigenvalue weighted by Crippen LogP contribution is -2.29. The minimum Gasteiger partial charge on any atom is -0.368 e. The molecule has 0 spiro atoms. The number of aromatic nitrogens is 3. The Bertz CT molecular complexity index is 458. The van der Waals surface area contributed by atoms with E-state index in [0.717, 1.165) is 25.1 Å². The van der Waals surface area contributed by atoms with Crippen molar-refractivity contribution < 1.29 is 4.74 Å². The van der Waals surface area contributed by atoms with Gasteiger partial charge in [0.1, 0.15) is 11.4 Å². The molecular weight excluding hydrogens is 264 g/mol. The molecule has 1 aromatic heterocycles. The Labute approximate surface area is 127 Å². The Hall–Kier alpha value is -1.23. The molecule has 0 aliphatic heterocycles. The van der Waals surface area contributed by atoms with Gasteiger partial charge in [0.25, 0.3) is 0 Å². The summed E-state index contributed by atoms with van der Waals surface area (Å²) in [5.74, 6) is 2.27. The molecule has 2 N–H and O–H groups in total. The van der Waals surface area contributed by atoms with E-state index in [1.165, 1.54) is 25.7 Å². The summed E-state index contributed by atoms with van der Waals surface area (Å²) in [6.07, 6.45) is 8.25. The maximum Gasteiger partial charge on any atom is 0.223 e. The topological polar surface area (TPSA) is 73.9 Å². The van der Waals surface area contributed by atoms with Crippen molar-refractivity contribution >= 4 is 5.95 Å². The first kappa shape index (κ1) is 16.1. The highest BCUT2D eigenvalue weighted by molar-refractivity contribution is 5.20. The molecule has 1 aliphatic rings. The molecule has 1 atom stereocenters. The highest BCUT2D eigenvalue weighted by atomic mass is 16.5. The zero-order chi connectivity index (χ0) is 15.3. The summed E-state index contributed by atoms with van der Waals surface area (Å²) in [4.78, 5) is 13.5. The second-order valence-corrected chi connectivity index (χ2v) is 6.08. The lowest BCUT2D eigenvalue weighted by atomic mass is 9.98. The average molecular weight is 292 g/mol. The van der Waals surface area contributed by atoms with Gasteiger partial charge in [0.2, 0.25) is 5.95 Å². The molecule has 1 fully saturated rings. The van der Waals surface area contributed by atoms with Gasteiger partial charge in [-0.3, -0.25) is 0 Å². The molecule has 1 heterocycles. The zero-order valence-corrected chi connectivity index (χ0v) is 13.6. The lowest BCUT2D eigenvalue weighted by Gasteiger charge is -2.27. The number of anilines is 1. The van der Waals surface area contributed by atoms with Crippen LogP contribution in [0.1, 0.15) is 83.3 Å². The van der Waals surface area contributed by atoms with E-state index in [-0.39, 0.29) is 0 Å². The Balaban J connectivity index is 2.31. The summed E-state index contributed by atoms with van der Waals surface area (Å²) >= 11 is 0. The average Bonchev–Trinajstić information content (AvgIpc) is 2.76. The SMILES string of the molecule is CCOC(C)(CC)c1nc(N)nc(C2CCCCCC2)n1. The van der Waals surface area contributed by atoms with Crippen LogP contribution in [0.15, 0.2) is 0 Å². The van der Waals surface area contributed by atoms with Crippen LogP contribution in [-0.4, -0.2) is 21.6 Å². The molecule has 1 aliphatic carbocycles. The van der Waals surface area contributed by atoms with Gasteiger partial charge < -0.3 is 10.5 Å². The second-order valence-electron chi connectivity index (χ2n) is 6.08. The fraction of sp³-hybridized carbons (Fsp3) is 0.812. The molecule has 1 aromatic rings. The van der Waals surface area contributed by atoms with Gasteiger partial charge in [-0.15, -0.1) is 0 Å². The van der Waals surface area contributed by atoms with Crippen LogP contribution in [0.3, 0.4) is 0 Å². The van der Waals surface area contributed by atoms with Gasteiger partial charge in [-0.25, -0.2) is 4.98 Å². The van der Waals surface area contributed by atoms with Crippen LogP contribution >= 0.6 is 0 Å². The number of rotatable bonds is 5. The Morgan fingerprint density at radius 3 is 2.33 bits per heavy atom. The molecule has 1 saturated carbocycles. The number of nitrogens with zero attached hydrogens (tertiary/aromatic N) is 3. The third-order valence-corrected chi connectivity index (χ3v) is 4.50. The van der Waals surface area contributed by atoms with Crippen molar-refractivity contribution in [3.8, 4) is 0 Å². The van der Waals surface area contributed by atoms with E-state index in [9.17, 15) is 0 Å². The van der Waals surface area contributed by atoms with E-state index in [4.69, 9.17) is 15.5 Å². The van der Waals surface area contributed by atoms with E-state index < -0.39 is 5.60 Å². The van der Waals surface area contributed by atoms with Crippen LogP contribution in [0.2, 0.25) is 0 Å². The van der Waals surface area contributed by atoms with Gasteiger partial charge in [0.15, 0.2) is 5.82 Å². The summed E-state index contributed by atoms with van der Waals surface area (Å²) in [5, 5.41) is 0. The monoisotopic (exact) mass is 292 g/mol. The molecule has 118 valence electrons. The van der Waals surface area contributed by atoms with E-state index in [1.807, 2.05) is 13.8 Å². The predicted octanol–water partition coefficient (Wildman–Crippen LogP) is 3.55. The van der Waals surface area contributed by atoms with Gasteiger partial charge in [0, 0.05) is 12.5 Å². The van der Waals surface area contributed by atoms with Crippen LogP contribution in [0.25, 0.3) is 0 Å². The van der Waals surface area contributed by atoms with E-state index in [2.05, 4.69) is 16.9 Å². The van der Waals surface area contributed by atoms with Crippen molar-refractivity contribution in [1.82, 2.24) is 15.0 Å². The normalized spacial score (nSPS) is 20.0. The van der Waals surface area contributed by atoms with Gasteiger partial charge in [-0.1, -0.05) is 32.6 Å². The Morgan fingerprint density at radius 1 is 1.10 bits per heavy atom. The summed E-state index contributed by atoms with van der Waals surface area (Å²) in [6, 6.07) is 0. The zero-order valence-electron chi connectivity index (χ0n) is 13.6. The van der Waals surface area contributed by atoms with Gasteiger partial charge >= 0.3 is 0 Å². The minimum atomic E-state index is -0.481. The fourth-order valence-corrected chi connectivity index (χ4v) is 3.01. The molecule has 0 aromatic carbocycles. The third kappa shape index (κ3) is 3.90. The Morgan fingerprint density at radius 2 is 1.76 bits per heavy atom. The highest BCUT2D eigenvalue weighted by Gasteiger charge is 2.30. The number of hydrogen-bond acceptors (Lipinski definition) is 5. The van der Waals surface area contributed by atoms with Crippen LogP contribution in [-0.2, 0) is 10.3 Å². The number of hydrogen-bond donors (Lipinski definition) is 1. The predicted molar refractivity (Wildman–Crippen MR) is 84.0 cm³/mol. The van der Waals surface area contributed by atoms with E-state index in [0.29, 0.717) is 24.3 Å². The van der Waals surface area contributed by atoms with Crippen molar-refractivity contribution in [2.24, 2.45) is 0 Å². The third-order valence-electron chi connectivity index (χ3n) is 4.50. The van der Waals surface area contributed by atoms with Crippen LogP contribution in [0, 0.1) is 0 Å². The fourth-order valence-electron chi connectivity index (χ4n) is 3.01. The molecule has 1 unspecified atom stereocenters. The molecule has 5 nitrogen and oxygen atoms in total. The lowest BCUT2D eigenvalue weighted by molar-refractivity contribution is -0.0393. The van der Waals surface area contributed by atoms with Crippen LogP contribution in [0.5, 0.6) is 0 Å². The second kappa shape index (κ2) is 7.16. The summed E-state index contributed by atoms with van der Waals surface area (Å²) in [6.45, 7) is 6.74. The molecule has 0 bridgehead atoms. The molecule has 5 heteroatoms. The maximum atomic E-state index is 5.93. The van der Waals surface area contributed by atoms with Crippen molar-refractivity contribution in [2.45, 2.75) is 77.2 Å². The maximum absolute atomic E-state index is 5.93. The molecule has 0 radical (unpaired) electrons. The first-order chi connectivity index (χ1) is 10.1. The molecular formula is C16H28N4O. The van der Waals surface area contributed by atoms with E-state index in [1.54, 1.807) is 0 Å². The van der Waals surface area contributed by atoms with Crippen molar-refractivity contribution in [1.29, 1.82) is 0 Å². The van der Waals surface area contributed by atoms with Crippen molar-refractivity contribution in [3.63, 3.8) is 0 Å². The summed E-state index contributed by atoms with van der Waals surface area (Å²) in [7, 11) is 0. The van der Waals surface area contributed by atoms with Crippen LogP contribution < -0.4 is 5.73 Å². The number of ether oxygens (including phenoxy) is 1. The molecule has 21 heavy (non-hydrogen) atoms. The van der Waals surface area contributed by atoms with Crippen LogP contribution in [0.4, 0.5) is 5.95 Å². The molecule has 0 amide bonds. The highest BCUT2D eigenvalue weighted by Crippen LogP contribution is 2.32. The van der Waals surface area contributed by atoms with Gasteiger partial charge in [-0.05, 0) is 33.1 Å². The Kier molecular flexibility index (Phi) is 5.51. The summed E-state index contributed by atoms with van der Waals surface area (Å²) in [5.41, 5.74) is 5.45. The van der Waals surface area contributed by atoms with Gasteiger partial charge in [0.05, 0.1) is 0 Å². The minimum absolute atomic E-state index is 0.318. The largest absolute Gasteiger partial charge is 0.368 e. The first-order valence-corrected chi connectivity index (χ1v) is 8.25. The molecule has 2 rings (SSSR count). The molecule has 0 saturated heterocycles.